The molecule has 2 aromatic rings. The molecule has 1 aromatic carbocycles. The lowest BCUT2D eigenvalue weighted by atomic mass is 10.00. The predicted molar refractivity (Wildman–Crippen MR) is 80.1 cm³/mol. The Morgan fingerprint density at radius 3 is 2.95 bits per heavy atom. The number of para-hydroxylation sites is 1. The van der Waals surface area contributed by atoms with Gasteiger partial charge in [-0.1, -0.05) is 18.2 Å². The normalized spacial score (nSPS) is 28.0. The lowest BCUT2D eigenvalue weighted by Gasteiger charge is -2.35. The van der Waals surface area contributed by atoms with Crippen LogP contribution in [-0.2, 0) is 16.0 Å². The van der Waals surface area contributed by atoms with Crippen molar-refractivity contribution in [3.63, 3.8) is 0 Å². The molecule has 0 radical (unpaired) electrons. The lowest BCUT2D eigenvalue weighted by molar-refractivity contribution is -0.149. The Morgan fingerprint density at radius 1 is 1.27 bits per heavy atom. The summed E-state index contributed by atoms with van der Waals surface area (Å²) in [5, 5.41) is 13.7. The van der Waals surface area contributed by atoms with Crippen LogP contribution < -0.4 is 5.32 Å². The number of carbonyl (C=O) groups is 2. The first-order valence-electron chi connectivity index (χ1n) is 7.49. The van der Waals surface area contributed by atoms with Gasteiger partial charge in [0.15, 0.2) is 0 Å². The van der Waals surface area contributed by atoms with Gasteiger partial charge in [0.25, 0.3) is 0 Å². The molecule has 2 fully saturated rings. The smallest absolute Gasteiger partial charge is 0.246 e. The van der Waals surface area contributed by atoms with Crippen LogP contribution in [0.3, 0.4) is 0 Å². The second-order valence-corrected chi connectivity index (χ2v) is 5.96. The third-order valence-corrected chi connectivity index (χ3v) is 4.63. The monoisotopic (exact) mass is 299 g/mol. The Balaban J connectivity index is 1.61. The molecule has 22 heavy (non-hydrogen) atoms. The second-order valence-electron chi connectivity index (χ2n) is 5.96. The van der Waals surface area contributed by atoms with E-state index in [2.05, 4.69) is 10.3 Å². The highest BCUT2D eigenvalue weighted by Crippen LogP contribution is 2.25. The summed E-state index contributed by atoms with van der Waals surface area (Å²) >= 11 is 0. The van der Waals surface area contributed by atoms with Crippen molar-refractivity contribution in [3.8, 4) is 0 Å². The Morgan fingerprint density at radius 2 is 2.09 bits per heavy atom. The summed E-state index contributed by atoms with van der Waals surface area (Å²) in [5.74, 6) is -0.360. The van der Waals surface area contributed by atoms with Crippen LogP contribution in [0, 0.1) is 0 Å². The largest absolute Gasteiger partial charge is 0.390 e. The van der Waals surface area contributed by atoms with Crippen LogP contribution in [0.5, 0.6) is 0 Å². The van der Waals surface area contributed by atoms with Gasteiger partial charge < -0.3 is 20.3 Å². The van der Waals surface area contributed by atoms with Gasteiger partial charge in [0, 0.05) is 30.1 Å². The van der Waals surface area contributed by atoms with Crippen molar-refractivity contribution in [2.24, 2.45) is 0 Å². The van der Waals surface area contributed by atoms with Crippen LogP contribution in [-0.4, -0.2) is 51.5 Å². The SMILES string of the molecule is O=C1N[C@H](Cc2c[nH]c3ccccc23)C(=O)N2CC[C@@H](O)[C@@H]12. The third-order valence-electron chi connectivity index (χ3n) is 4.63. The van der Waals surface area contributed by atoms with Crippen LogP contribution in [0.15, 0.2) is 30.5 Å². The van der Waals surface area contributed by atoms with E-state index in [0.29, 0.717) is 19.4 Å². The summed E-state index contributed by atoms with van der Waals surface area (Å²) in [5.41, 5.74) is 2.02. The van der Waals surface area contributed by atoms with Crippen molar-refractivity contribution >= 4 is 22.7 Å². The van der Waals surface area contributed by atoms with Gasteiger partial charge in [-0.3, -0.25) is 9.59 Å². The molecule has 2 saturated heterocycles. The number of aromatic nitrogens is 1. The number of piperazine rings is 1. The fourth-order valence-electron chi connectivity index (χ4n) is 3.52. The molecule has 2 aliphatic rings. The van der Waals surface area contributed by atoms with E-state index in [1.165, 1.54) is 4.90 Å². The molecule has 2 aliphatic heterocycles. The van der Waals surface area contributed by atoms with Gasteiger partial charge in [-0.05, 0) is 18.1 Å². The molecule has 6 nitrogen and oxygen atoms in total. The van der Waals surface area contributed by atoms with E-state index in [1.807, 2.05) is 30.5 Å². The summed E-state index contributed by atoms with van der Waals surface area (Å²) in [6.45, 7) is 0.447. The van der Waals surface area contributed by atoms with Gasteiger partial charge in [0.1, 0.15) is 12.1 Å². The zero-order valence-corrected chi connectivity index (χ0v) is 12.0. The van der Waals surface area contributed by atoms with E-state index in [1.54, 1.807) is 0 Å². The standard InChI is InChI=1S/C16H17N3O3/c20-13-5-6-19-14(13)15(21)18-12(16(19)22)7-9-8-17-11-4-2-1-3-10(9)11/h1-4,8,12-14,17,20H,5-7H2,(H,18,21)/t12-,13-,14+/m1/s1. The van der Waals surface area contributed by atoms with E-state index < -0.39 is 18.2 Å². The third kappa shape index (κ3) is 1.91. The minimum atomic E-state index is -0.752. The molecule has 6 heteroatoms. The molecule has 1 aromatic heterocycles. The quantitative estimate of drug-likeness (QED) is 0.739. The molecule has 0 saturated carbocycles. The van der Waals surface area contributed by atoms with E-state index in [9.17, 15) is 14.7 Å². The zero-order chi connectivity index (χ0) is 15.3. The average Bonchev–Trinajstić information content (AvgIpc) is 3.09. The van der Waals surface area contributed by atoms with E-state index in [4.69, 9.17) is 0 Å². The van der Waals surface area contributed by atoms with Crippen molar-refractivity contribution in [2.75, 3.05) is 6.54 Å². The first-order valence-corrected chi connectivity index (χ1v) is 7.49. The zero-order valence-electron chi connectivity index (χ0n) is 12.0. The van der Waals surface area contributed by atoms with Crippen molar-refractivity contribution in [1.82, 2.24) is 15.2 Å². The minimum absolute atomic E-state index is 0.105. The second kappa shape index (κ2) is 4.84. The molecule has 0 aliphatic carbocycles. The highest BCUT2D eigenvalue weighted by molar-refractivity contribution is 5.98. The Labute approximate surface area is 127 Å². The lowest BCUT2D eigenvalue weighted by Crippen LogP contribution is -2.63. The number of hydrogen-bond acceptors (Lipinski definition) is 3. The first-order chi connectivity index (χ1) is 10.6. The highest BCUT2D eigenvalue weighted by Gasteiger charge is 2.47. The summed E-state index contributed by atoms with van der Waals surface area (Å²) in [6.07, 6.45) is 2.05. The number of H-pyrrole nitrogens is 1. The molecule has 3 heterocycles. The number of hydrogen-bond donors (Lipinski definition) is 3. The van der Waals surface area contributed by atoms with Crippen molar-refractivity contribution in [1.29, 1.82) is 0 Å². The molecule has 3 atom stereocenters. The average molecular weight is 299 g/mol. The Kier molecular flexibility index (Phi) is 2.94. The van der Waals surface area contributed by atoms with Crippen LogP contribution in [0.4, 0.5) is 0 Å². The molecule has 114 valence electrons. The number of fused-ring (bicyclic) bond motifs is 2. The maximum atomic E-state index is 12.6. The number of benzene rings is 1. The summed E-state index contributed by atoms with van der Waals surface area (Å²) in [4.78, 5) is 29.4. The van der Waals surface area contributed by atoms with Gasteiger partial charge in [-0.25, -0.2) is 0 Å². The van der Waals surface area contributed by atoms with Gasteiger partial charge in [0.05, 0.1) is 6.10 Å². The molecular weight excluding hydrogens is 282 g/mol. The number of rotatable bonds is 2. The maximum Gasteiger partial charge on any atom is 0.246 e. The molecular formula is C16H17N3O3. The predicted octanol–water partition coefficient (Wildman–Crippen LogP) is 0.171. The number of nitrogens with one attached hydrogen (secondary N) is 2. The Bertz CT molecular complexity index is 754. The van der Waals surface area contributed by atoms with Gasteiger partial charge >= 0.3 is 0 Å². The number of aliphatic hydroxyl groups excluding tert-OH is 1. The van der Waals surface area contributed by atoms with Gasteiger partial charge in [-0.15, -0.1) is 0 Å². The van der Waals surface area contributed by atoms with Crippen LogP contribution in [0.25, 0.3) is 10.9 Å². The number of nitrogens with zero attached hydrogens (tertiary/aromatic N) is 1. The fourth-order valence-corrected chi connectivity index (χ4v) is 3.52. The van der Waals surface area contributed by atoms with Crippen LogP contribution in [0.1, 0.15) is 12.0 Å². The van der Waals surface area contributed by atoms with Crippen molar-refractivity contribution < 1.29 is 14.7 Å². The maximum absolute atomic E-state index is 12.6. The highest BCUT2D eigenvalue weighted by atomic mass is 16.3. The van der Waals surface area contributed by atoms with Crippen LogP contribution >= 0.6 is 0 Å². The number of carbonyl (C=O) groups excluding carboxylic acids is 2. The Hall–Kier alpha value is -2.34. The van der Waals surface area contributed by atoms with Crippen LogP contribution in [0.2, 0.25) is 0 Å². The molecule has 0 bridgehead atoms. The summed E-state index contributed by atoms with van der Waals surface area (Å²) < 4.78 is 0. The number of aromatic amines is 1. The summed E-state index contributed by atoms with van der Waals surface area (Å²) in [7, 11) is 0. The fraction of sp³-hybridized carbons (Fsp3) is 0.375. The molecule has 2 amide bonds. The van der Waals surface area contributed by atoms with E-state index >= 15 is 0 Å². The summed E-state index contributed by atoms with van der Waals surface area (Å²) in [6, 6.07) is 6.60. The molecule has 0 unspecified atom stereocenters. The first kappa shape index (κ1) is 13.3. The number of aliphatic hydroxyl groups is 1. The topological polar surface area (TPSA) is 85.4 Å². The van der Waals surface area contributed by atoms with Gasteiger partial charge in [-0.2, -0.15) is 0 Å². The van der Waals surface area contributed by atoms with Gasteiger partial charge in [0.2, 0.25) is 11.8 Å². The molecule has 3 N–H and O–H groups in total. The minimum Gasteiger partial charge on any atom is -0.390 e. The van der Waals surface area contributed by atoms with Crippen molar-refractivity contribution in [3.05, 3.63) is 36.0 Å². The molecule has 4 rings (SSSR count). The van der Waals surface area contributed by atoms with E-state index in [0.717, 1.165) is 16.5 Å². The van der Waals surface area contributed by atoms with Crippen molar-refractivity contribution in [2.45, 2.75) is 31.0 Å². The molecule has 0 spiro atoms. The number of amides is 2. The van der Waals surface area contributed by atoms with E-state index in [-0.39, 0.29) is 11.8 Å².